The van der Waals surface area contributed by atoms with E-state index >= 15 is 0 Å². The van der Waals surface area contributed by atoms with Crippen LogP contribution < -0.4 is 5.32 Å². The number of ether oxygens (including phenoxy) is 1. The van der Waals surface area contributed by atoms with Gasteiger partial charge in [0.1, 0.15) is 0 Å². The summed E-state index contributed by atoms with van der Waals surface area (Å²) in [5.74, 6) is -0.829. The molecule has 128 valence electrons. The fraction of sp³-hybridized carbons (Fsp3) is 0.211. The van der Waals surface area contributed by atoms with Crippen molar-refractivity contribution < 1.29 is 14.3 Å². The molecular weight excluding hydrogens is 336 g/mol. The average Bonchev–Trinajstić information content (AvgIpc) is 2.99. The number of hydrogen-bond donors (Lipinski definition) is 1. The Balaban J connectivity index is 1.63. The monoisotopic (exact) mass is 354 g/mol. The second kappa shape index (κ2) is 7.44. The minimum atomic E-state index is -0.883. The second-order valence-corrected chi connectivity index (χ2v) is 6.74. The molecule has 0 saturated heterocycles. The summed E-state index contributed by atoms with van der Waals surface area (Å²) in [6, 6.07) is 13.4. The lowest BCUT2D eigenvalue weighted by atomic mass is 10.1. The first kappa shape index (κ1) is 17.1. The van der Waals surface area contributed by atoms with Crippen LogP contribution in [0.1, 0.15) is 17.6 Å². The summed E-state index contributed by atoms with van der Waals surface area (Å²) in [5.41, 5.74) is 1.36. The van der Waals surface area contributed by atoms with Crippen LogP contribution in [0.5, 0.6) is 0 Å². The van der Waals surface area contributed by atoms with Crippen molar-refractivity contribution in [3.05, 3.63) is 58.5 Å². The zero-order valence-corrected chi connectivity index (χ0v) is 14.8. The summed E-state index contributed by atoms with van der Waals surface area (Å²) >= 11 is 1.48. The number of benzene rings is 2. The van der Waals surface area contributed by atoms with E-state index in [1.54, 1.807) is 6.92 Å². The van der Waals surface area contributed by atoms with Gasteiger partial charge in [-0.1, -0.05) is 36.4 Å². The van der Waals surface area contributed by atoms with Crippen molar-refractivity contribution in [2.24, 2.45) is 0 Å². The number of aromatic nitrogens is 1. The van der Waals surface area contributed by atoms with Gasteiger partial charge in [-0.05, 0) is 25.3 Å². The first-order chi connectivity index (χ1) is 12.0. The van der Waals surface area contributed by atoms with Gasteiger partial charge in [0, 0.05) is 16.5 Å². The molecule has 0 aliphatic carbocycles. The van der Waals surface area contributed by atoms with Crippen LogP contribution in [0.3, 0.4) is 0 Å². The van der Waals surface area contributed by atoms with Crippen LogP contribution in [0.4, 0.5) is 5.69 Å². The molecule has 1 unspecified atom stereocenters. The second-order valence-electron chi connectivity index (χ2n) is 5.68. The third-order valence-corrected chi connectivity index (χ3v) is 4.54. The lowest BCUT2D eigenvalue weighted by Gasteiger charge is -2.14. The van der Waals surface area contributed by atoms with Crippen molar-refractivity contribution in [2.75, 3.05) is 5.32 Å². The number of anilines is 1. The number of esters is 1. The van der Waals surface area contributed by atoms with Crippen molar-refractivity contribution >= 4 is 39.7 Å². The number of carbonyl (C=O) groups is 2. The smallest absolute Gasteiger partial charge is 0.312 e. The Hall–Kier alpha value is -2.73. The molecule has 0 aliphatic heterocycles. The topological polar surface area (TPSA) is 68.3 Å². The number of rotatable bonds is 5. The van der Waals surface area contributed by atoms with E-state index in [1.165, 1.54) is 11.3 Å². The minimum Gasteiger partial charge on any atom is -0.452 e. The molecule has 1 aromatic heterocycles. The Bertz CT molecular complexity index is 914. The number of aryl methyl sites for hydroxylation is 1. The third-order valence-electron chi connectivity index (χ3n) is 3.72. The molecular formula is C19H18N2O3S. The van der Waals surface area contributed by atoms with Crippen molar-refractivity contribution in [1.82, 2.24) is 4.98 Å². The van der Waals surface area contributed by atoms with E-state index in [2.05, 4.69) is 10.3 Å². The lowest BCUT2D eigenvalue weighted by molar-refractivity contribution is -0.152. The summed E-state index contributed by atoms with van der Waals surface area (Å²) < 4.78 is 5.22. The SMILES string of the molecule is Cc1nc(CC(=O)OC(C)C(=O)Nc2cccc3ccccc23)cs1. The lowest BCUT2D eigenvalue weighted by Crippen LogP contribution is -2.30. The van der Waals surface area contributed by atoms with Crippen LogP contribution >= 0.6 is 11.3 Å². The van der Waals surface area contributed by atoms with Gasteiger partial charge in [-0.2, -0.15) is 0 Å². The highest BCUT2D eigenvalue weighted by atomic mass is 32.1. The van der Waals surface area contributed by atoms with Crippen LogP contribution in [-0.4, -0.2) is 23.0 Å². The number of carbonyl (C=O) groups excluding carboxylic acids is 2. The van der Waals surface area contributed by atoms with Crippen LogP contribution in [-0.2, 0) is 20.7 Å². The van der Waals surface area contributed by atoms with Crippen molar-refractivity contribution in [2.45, 2.75) is 26.4 Å². The van der Waals surface area contributed by atoms with Gasteiger partial charge in [0.25, 0.3) is 5.91 Å². The van der Waals surface area contributed by atoms with Gasteiger partial charge in [0.05, 0.1) is 17.1 Å². The largest absolute Gasteiger partial charge is 0.452 e. The molecule has 6 heteroatoms. The van der Waals surface area contributed by atoms with Gasteiger partial charge in [-0.3, -0.25) is 9.59 Å². The van der Waals surface area contributed by atoms with Crippen molar-refractivity contribution in [3.63, 3.8) is 0 Å². The van der Waals surface area contributed by atoms with E-state index in [0.717, 1.165) is 15.8 Å². The molecule has 0 fully saturated rings. The van der Waals surface area contributed by atoms with E-state index in [4.69, 9.17) is 4.74 Å². The van der Waals surface area contributed by atoms with E-state index in [-0.39, 0.29) is 12.3 Å². The molecule has 0 saturated carbocycles. The molecule has 0 spiro atoms. The van der Waals surface area contributed by atoms with Gasteiger partial charge in [0.2, 0.25) is 0 Å². The molecule has 2 aromatic carbocycles. The van der Waals surface area contributed by atoms with E-state index < -0.39 is 12.1 Å². The minimum absolute atomic E-state index is 0.0657. The Labute approximate surface area is 149 Å². The highest BCUT2D eigenvalue weighted by Crippen LogP contribution is 2.23. The highest BCUT2D eigenvalue weighted by Gasteiger charge is 2.19. The quantitative estimate of drug-likeness (QED) is 0.709. The van der Waals surface area contributed by atoms with Crippen LogP contribution in [0, 0.1) is 6.92 Å². The Kier molecular flexibility index (Phi) is 5.09. The first-order valence-corrected chi connectivity index (χ1v) is 8.80. The standard InChI is InChI=1S/C19H18N2O3S/c1-12(24-18(22)10-15-11-25-13(2)20-15)19(23)21-17-9-5-7-14-6-3-4-8-16(14)17/h3-9,11-12H,10H2,1-2H3,(H,21,23). The van der Waals surface area contributed by atoms with Gasteiger partial charge in [-0.25, -0.2) is 4.98 Å². The Morgan fingerprint density at radius 1 is 1.20 bits per heavy atom. The van der Waals surface area contributed by atoms with Crippen LogP contribution in [0.15, 0.2) is 47.8 Å². The van der Waals surface area contributed by atoms with Gasteiger partial charge in [0.15, 0.2) is 6.10 Å². The van der Waals surface area contributed by atoms with Crippen LogP contribution in [0.2, 0.25) is 0 Å². The summed E-state index contributed by atoms with van der Waals surface area (Å²) in [4.78, 5) is 28.5. The van der Waals surface area contributed by atoms with E-state index in [0.29, 0.717) is 11.4 Å². The number of hydrogen-bond acceptors (Lipinski definition) is 5. The van der Waals surface area contributed by atoms with E-state index in [9.17, 15) is 9.59 Å². The number of nitrogens with one attached hydrogen (secondary N) is 1. The fourth-order valence-corrected chi connectivity index (χ4v) is 3.11. The maximum atomic E-state index is 12.3. The molecule has 0 bridgehead atoms. The zero-order chi connectivity index (χ0) is 17.8. The number of nitrogens with zero attached hydrogens (tertiary/aromatic N) is 1. The zero-order valence-electron chi connectivity index (χ0n) is 14.0. The van der Waals surface area contributed by atoms with Gasteiger partial charge in [-0.15, -0.1) is 11.3 Å². The highest BCUT2D eigenvalue weighted by molar-refractivity contribution is 7.09. The average molecular weight is 354 g/mol. The van der Waals surface area contributed by atoms with E-state index in [1.807, 2.05) is 54.8 Å². The van der Waals surface area contributed by atoms with Gasteiger partial charge >= 0.3 is 5.97 Å². The molecule has 3 rings (SSSR count). The first-order valence-electron chi connectivity index (χ1n) is 7.92. The Morgan fingerprint density at radius 2 is 1.96 bits per heavy atom. The summed E-state index contributed by atoms with van der Waals surface area (Å²) in [5, 5.41) is 7.51. The predicted octanol–water partition coefficient (Wildman–Crippen LogP) is 3.72. The predicted molar refractivity (Wildman–Crippen MR) is 98.7 cm³/mol. The summed E-state index contributed by atoms with van der Waals surface area (Å²) in [6.07, 6.45) is -0.817. The molecule has 1 heterocycles. The summed E-state index contributed by atoms with van der Waals surface area (Å²) in [6.45, 7) is 3.43. The van der Waals surface area contributed by atoms with Crippen molar-refractivity contribution in [1.29, 1.82) is 0 Å². The molecule has 25 heavy (non-hydrogen) atoms. The molecule has 1 atom stereocenters. The third kappa shape index (κ3) is 4.22. The molecule has 1 N–H and O–H groups in total. The number of fused-ring (bicyclic) bond motifs is 1. The molecule has 0 aliphatic rings. The molecule has 3 aromatic rings. The van der Waals surface area contributed by atoms with Crippen molar-refractivity contribution in [3.8, 4) is 0 Å². The summed E-state index contributed by atoms with van der Waals surface area (Å²) in [7, 11) is 0. The fourth-order valence-electron chi connectivity index (χ4n) is 2.50. The van der Waals surface area contributed by atoms with Crippen LogP contribution in [0.25, 0.3) is 10.8 Å². The maximum Gasteiger partial charge on any atom is 0.312 e. The number of amides is 1. The molecule has 5 nitrogen and oxygen atoms in total. The van der Waals surface area contributed by atoms with Gasteiger partial charge < -0.3 is 10.1 Å². The maximum absolute atomic E-state index is 12.3. The number of thiazole rings is 1. The normalized spacial score (nSPS) is 11.9. The Morgan fingerprint density at radius 3 is 2.72 bits per heavy atom. The molecule has 1 amide bonds. The molecule has 0 radical (unpaired) electrons.